The lowest BCUT2D eigenvalue weighted by molar-refractivity contribution is -0.114. The van der Waals surface area contributed by atoms with Gasteiger partial charge in [-0.2, -0.15) is 0 Å². The summed E-state index contributed by atoms with van der Waals surface area (Å²) in [5.41, 5.74) is 0.466. The quantitative estimate of drug-likeness (QED) is 0.782. The number of para-hydroxylation sites is 1. The van der Waals surface area contributed by atoms with Crippen molar-refractivity contribution in [1.82, 2.24) is 0 Å². The molecule has 0 saturated heterocycles. The number of nitrogens with one attached hydrogen (secondary N) is 1. The zero-order valence-corrected chi connectivity index (χ0v) is 9.91. The normalized spacial score (nSPS) is 8.64. The molecule has 1 rings (SSSR count). The van der Waals surface area contributed by atoms with E-state index in [0.717, 1.165) is 0 Å². The lowest BCUT2D eigenvalue weighted by atomic mass is 10.3. The molecule has 0 saturated carbocycles. The van der Waals surface area contributed by atoms with Gasteiger partial charge >= 0.3 is 0 Å². The number of carbonyl (C=O) groups excluding carboxylic acids is 1. The highest BCUT2D eigenvalue weighted by molar-refractivity contribution is 6.39. The summed E-state index contributed by atoms with van der Waals surface area (Å²) in [5.74, 6) is -0.190. The molecule has 0 unspecified atom stereocenters. The van der Waals surface area contributed by atoms with Gasteiger partial charge in [-0.1, -0.05) is 43.1 Å². The maximum absolute atomic E-state index is 10.7. The number of rotatable bonds is 1. The fraction of sp³-hybridized carbons (Fsp3) is 0.300. The Labute approximate surface area is 94.2 Å². The maximum atomic E-state index is 10.7. The van der Waals surface area contributed by atoms with Gasteiger partial charge in [-0.15, -0.1) is 0 Å². The molecule has 0 fully saturated rings. The van der Waals surface area contributed by atoms with E-state index >= 15 is 0 Å². The van der Waals surface area contributed by atoms with Crippen LogP contribution in [0.25, 0.3) is 0 Å². The summed E-state index contributed by atoms with van der Waals surface area (Å²) in [6.45, 7) is 5.40. The molecular weight excluding hydrogens is 221 g/mol. The van der Waals surface area contributed by atoms with Gasteiger partial charge in [0.15, 0.2) is 0 Å². The van der Waals surface area contributed by atoms with Crippen LogP contribution in [0.5, 0.6) is 0 Å². The van der Waals surface area contributed by atoms with Gasteiger partial charge in [0.2, 0.25) is 5.91 Å². The first-order chi connectivity index (χ1) is 6.61. The molecule has 1 N–H and O–H groups in total. The molecule has 0 bridgehead atoms. The van der Waals surface area contributed by atoms with Crippen molar-refractivity contribution < 1.29 is 4.79 Å². The minimum absolute atomic E-state index is 0.190. The van der Waals surface area contributed by atoms with Crippen LogP contribution in [0.4, 0.5) is 5.69 Å². The first-order valence-corrected chi connectivity index (χ1v) is 5.08. The van der Waals surface area contributed by atoms with E-state index in [9.17, 15) is 4.79 Å². The summed E-state index contributed by atoms with van der Waals surface area (Å²) in [7, 11) is 0. The molecular formula is C10H13Cl2NO. The van der Waals surface area contributed by atoms with Crippen molar-refractivity contribution >= 4 is 34.8 Å². The van der Waals surface area contributed by atoms with Crippen molar-refractivity contribution in [2.75, 3.05) is 5.32 Å². The number of carbonyl (C=O) groups is 1. The van der Waals surface area contributed by atoms with E-state index in [1.165, 1.54) is 6.92 Å². The summed E-state index contributed by atoms with van der Waals surface area (Å²) in [5, 5.41) is 3.42. The van der Waals surface area contributed by atoms with Crippen molar-refractivity contribution in [3.8, 4) is 0 Å². The van der Waals surface area contributed by atoms with Gasteiger partial charge in [-0.3, -0.25) is 4.79 Å². The van der Waals surface area contributed by atoms with E-state index < -0.39 is 0 Å². The summed E-state index contributed by atoms with van der Waals surface area (Å²) in [6.07, 6.45) is 0. The largest absolute Gasteiger partial charge is 0.324 e. The fourth-order valence-electron chi connectivity index (χ4n) is 0.793. The van der Waals surface area contributed by atoms with Crippen LogP contribution in [0, 0.1) is 0 Å². The first kappa shape index (κ1) is 13.3. The number of amides is 1. The lowest BCUT2D eigenvalue weighted by Crippen LogP contribution is -2.06. The summed E-state index contributed by atoms with van der Waals surface area (Å²) in [4.78, 5) is 10.7. The Hall–Kier alpha value is -0.730. The third-order valence-electron chi connectivity index (χ3n) is 1.26. The Morgan fingerprint density at radius 3 is 2.00 bits per heavy atom. The highest BCUT2D eigenvalue weighted by atomic mass is 35.5. The second kappa shape index (κ2) is 6.68. The van der Waals surface area contributed by atoms with Crippen molar-refractivity contribution in [2.45, 2.75) is 20.8 Å². The third-order valence-corrected chi connectivity index (χ3v) is 1.89. The second-order valence-electron chi connectivity index (χ2n) is 2.28. The number of benzene rings is 1. The molecule has 0 aromatic heterocycles. The fourth-order valence-corrected chi connectivity index (χ4v) is 1.29. The Bertz CT molecular complexity index is 293. The predicted octanol–water partition coefficient (Wildman–Crippen LogP) is 3.98. The van der Waals surface area contributed by atoms with Gasteiger partial charge in [0.05, 0.1) is 15.7 Å². The van der Waals surface area contributed by atoms with E-state index in [-0.39, 0.29) is 5.91 Å². The monoisotopic (exact) mass is 233 g/mol. The number of halogens is 2. The van der Waals surface area contributed by atoms with Gasteiger partial charge in [-0.05, 0) is 12.1 Å². The van der Waals surface area contributed by atoms with Crippen molar-refractivity contribution in [1.29, 1.82) is 0 Å². The molecule has 0 aliphatic heterocycles. The van der Waals surface area contributed by atoms with E-state index in [1.54, 1.807) is 18.2 Å². The maximum Gasteiger partial charge on any atom is 0.221 e. The van der Waals surface area contributed by atoms with Crippen LogP contribution in [-0.2, 0) is 4.79 Å². The SMILES string of the molecule is CC.CC(=O)Nc1c(Cl)cccc1Cl. The Kier molecular flexibility index (Phi) is 6.34. The van der Waals surface area contributed by atoms with Gasteiger partial charge < -0.3 is 5.32 Å². The molecule has 1 aromatic rings. The van der Waals surface area contributed by atoms with Crippen LogP contribution in [0.15, 0.2) is 18.2 Å². The van der Waals surface area contributed by atoms with Crippen LogP contribution < -0.4 is 5.32 Å². The average molecular weight is 234 g/mol. The van der Waals surface area contributed by atoms with Crippen molar-refractivity contribution in [3.05, 3.63) is 28.2 Å². The first-order valence-electron chi connectivity index (χ1n) is 4.33. The van der Waals surface area contributed by atoms with Crippen molar-refractivity contribution in [2.24, 2.45) is 0 Å². The topological polar surface area (TPSA) is 29.1 Å². The zero-order chi connectivity index (χ0) is 11.1. The van der Waals surface area contributed by atoms with Crippen LogP contribution in [0.2, 0.25) is 10.0 Å². The van der Waals surface area contributed by atoms with Gasteiger partial charge in [0, 0.05) is 6.92 Å². The molecule has 78 valence electrons. The summed E-state index contributed by atoms with van der Waals surface area (Å²) >= 11 is 11.5. The number of hydrogen-bond donors (Lipinski definition) is 1. The molecule has 1 amide bonds. The minimum Gasteiger partial charge on any atom is -0.324 e. The third kappa shape index (κ3) is 3.99. The smallest absolute Gasteiger partial charge is 0.221 e. The molecule has 2 nitrogen and oxygen atoms in total. The highest BCUT2D eigenvalue weighted by Gasteiger charge is 2.05. The zero-order valence-electron chi connectivity index (χ0n) is 8.40. The standard InChI is InChI=1S/C8H7Cl2NO.C2H6/c1-5(12)11-8-6(9)3-2-4-7(8)10;1-2/h2-4H,1H3,(H,11,12);1-2H3. The minimum atomic E-state index is -0.190. The average Bonchev–Trinajstić information content (AvgIpc) is 2.15. The van der Waals surface area contributed by atoms with Crippen LogP contribution in [0.1, 0.15) is 20.8 Å². The highest BCUT2D eigenvalue weighted by Crippen LogP contribution is 2.29. The molecule has 0 aliphatic rings. The Morgan fingerprint density at radius 1 is 1.21 bits per heavy atom. The molecule has 0 radical (unpaired) electrons. The van der Waals surface area contributed by atoms with Crippen LogP contribution >= 0.6 is 23.2 Å². The Morgan fingerprint density at radius 2 is 1.64 bits per heavy atom. The number of anilines is 1. The molecule has 0 spiro atoms. The molecule has 0 heterocycles. The molecule has 14 heavy (non-hydrogen) atoms. The lowest BCUT2D eigenvalue weighted by Gasteiger charge is -2.05. The molecule has 1 aromatic carbocycles. The van der Waals surface area contributed by atoms with E-state index in [0.29, 0.717) is 15.7 Å². The summed E-state index contributed by atoms with van der Waals surface area (Å²) in [6, 6.07) is 5.05. The number of hydrogen-bond acceptors (Lipinski definition) is 1. The van der Waals surface area contributed by atoms with Gasteiger partial charge in [0.1, 0.15) is 0 Å². The Balaban J connectivity index is 0.000000791. The van der Waals surface area contributed by atoms with Gasteiger partial charge in [0.25, 0.3) is 0 Å². The summed E-state index contributed by atoms with van der Waals surface area (Å²) < 4.78 is 0. The van der Waals surface area contributed by atoms with E-state index in [4.69, 9.17) is 23.2 Å². The molecule has 4 heteroatoms. The van der Waals surface area contributed by atoms with Crippen LogP contribution in [0.3, 0.4) is 0 Å². The predicted molar refractivity (Wildman–Crippen MR) is 62.1 cm³/mol. The molecule has 0 atom stereocenters. The van der Waals surface area contributed by atoms with E-state index in [1.807, 2.05) is 13.8 Å². The second-order valence-corrected chi connectivity index (χ2v) is 3.09. The van der Waals surface area contributed by atoms with Gasteiger partial charge in [-0.25, -0.2) is 0 Å². The van der Waals surface area contributed by atoms with Crippen LogP contribution in [-0.4, -0.2) is 5.91 Å². The van der Waals surface area contributed by atoms with Crippen molar-refractivity contribution in [3.63, 3.8) is 0 Å². The van der Waals surface area contributed by atoms with E-state index in [2.05, 4.69) is 5.32 Å². The molecule has 0 aliphatic carbocycles.